The molecule has 0 N–H and O–H groups in total. The maximum absolute atomic E-state index is 12.5. The zero-order valence-corrected chi connectivity index (χ0v) is 10.7. The van der Waals surface area contributed by atoms with Gasteiger partial charge in [-0.3, -0.25) is 4.79 Å². The van der Waals surface area contributed by atoms with Crippen molar-refractivity contribution in [2.75, 3.05) is 33.5 Å². The summed E-state index contributed by atoms with van der Waals surface area (Å²) in [5, 5.41) is 0. The molecule has 0 bridgehead atoms. The molecule has 2 rings (SSSR count). The number of methoxy groups -OCH3 is 1. The van der Waals surface area contributed by atoms with Crippen molar-refractivity contribution in [2.45, 2.75) is 38.1 Å². The average Bonchev–Trinajstić information content (AvgIpc) is 2.40. The third-order valence-corrected chi connectivity index (χ3v) is 3.82. The van der Waals surface area contributed by atoms with Crippen LogP contribution >= 0.6 is 0 Å². The smallest absolute Gasteiger partial charge is 0.226 e. The third-order valence-electron chi connectivity index (χ3n) is 3.82. The fourth-order valence-electron chi connectivity index (χ4n) is 2.86. The van der Waals surface area contributed by atoms with Crippen LogP contribution in [0.5, 0.6) is 0 Å². The molecule has 0 aromatic rings. The zero-order chi connectivity index (χ0) is 12.1. The number of ether oxygens (including phenoxy) is 2. The minimum Gasteiger partial charge on any atom is -0.382 e. The molecule has 1 saturated carbocycles. The molecule has 2 fully saturated rings. The van der Waals surface area contributed by atoms with Crippen molar-refractivity contribution < 1.29 is 14.3 Å². The average molecular weight is 241 g/mol. The fourth-order valence-corrected chi connectivity index (χ4v) is 2.86. The van der Waals surface area contributed by atoms with E-state index in [4.69, 9.17) is 9.47 Å². The van der Waals surface area contributed by atoms with Gasteiger partial charge in [-0.15, -0.1) is 0 Å². The molecule has 1 aliphatic carbocycles. The lowest BCUT2D eigenvalue weighted by molar-refractivity contribution is -0.147. The van der Waals surface area contributed by atoms with E-state index in [1.54, 1.807) is 7.11 Å². The van der Waals surface area contributed by atoms with Crippen molar-refractivity contribution in [1.29, 1.82) is 0 Å². The van der Waals surface area contributed by atoms with Gasteiger partial charge < -0.3 is 14.4 Å². The van der Waals surface area contributed by atoms with E-state index in [0.29, 0.717) is 25.7 Å². The predicted octanol–water partition coefficient (Wildman–Crippen LogP) is 1.44. The lowest BCUT2D eigenvalue weighted by Crippen LogP contribution is -2.52. The minimum absolute atomic E-state index is 0.114. The Hall–Kier alpha value is -0.610. The Balaban J connectivity index is 1.94. The van der Waals surface area contributed by atoms with E-state index in [1.165, 1.54) is 19.3 Å². The molecular weight excluding hydrogens is 218 g/mol. The van der Waals surface area contributed by atoms with Gasteiger partial charge >= 0.3 is 0 Å². The van der Waals surface area contributed by atoms with Crippen LogP contribution in [0, 0.1) is 5.92 Å². The maximum Gasteiger partial charge on any atom is 0.226 e. The number of morpholine rings is 1. The van der Waals surface area contributed by atoms with Crippen LogP contribution in [0.25, 0.3) is 0 Å². The quantitative estimate of drug-likeness (QED) is 0.750. The van der Waals surface area contributed by atoms with Crippen molar-refractivity contribution in [3.63, 3.8) is 0 Å². The molecule has 1 saturated heterocycles. The van der Waals surface area contributed by atoms with Gasteiger partial charge in [-0.2, -0.15) is 0 Å². The van der Waals surface area contributed by atoms with Gasteiger partial charge in [0.1, 0.15) is 0 Å². The summed E-state index contributed by atoms with van der Waals surface area (Å²) in [6.45, 7) is 2.59. The van der Waals surface area contributed by atoms with Gasteiger partial charge in [0.15, 0.2) is 0 Å². The molecule has 98 valence electrons. The summed E-state index contributed by atoms with van der Waals surface area (Å²) in [5.74, 6) is 0.580. The monoisotopic (exact) mass is 241 g/mol. The minimum atomic E-state index is 0.114. The first kappa shape index (κ1) is 12.8. The fraction of sp³-hybridized carbons (Fsp3) is 0.923. The van der Waals surface area contributed by atoms with E-state index in [1.807, 2.05) is 4.90 Å². The predicted molar refractivity (Wildman–Crippen MR) is 64.8 cm³/mol. The van der Waals surface area contributed by atoms with Gasteiger partial charge in [-0.1, -0.05) is 19.3 Å². The molecule has 4 heteroatoms. The topological polar surface area (TPSA) is 38.8 Å². The molecule has 4 nitrogen and oxygen atoms in total. The third kappa shape index (κ3) is 3.19. The molecule has 1 unspecified atom stereocenters. The Labute approximate surface area is 103 Å². The number of carbonyl (C=O) groups is 1. The highest BCUT2D eigenvalue weighted by atomic mass is 16.5. The first-order valence-electron chi connectivity index (χ1n) is 6.70. The van der Waals surface area contributed by atoms with Crippen LogP contribution in [0.1, 0.15) is 32.1 Å². The van der Waals surface area contributed by atoms with Crippen LogP contribution in [0.4, 0.5) is 0 Å². The summed E-state index contributed by atoms with van der Waals surface area (Å²) in [5.41, 5.74) is 0. The second-order valence-corrected chi connectivity index (χ2v) is 5.05. The number of nitrogens with zero attached hydrogens (tertiary/aromatic N) is 1. The highest BCUT2D eigenvalue weighted by molar-refractivity contribution is 5.79. The maximum atomic E-state index is 12.5. The van der Waals surface area contributed by atoms with Crippen LogP contribution in [0.15, 0.2) is 0 Å². The number of hydrogen-bond acceptors (Lipinski definition) is 3. The molecule has 1 atom stereocenters. The molecule has 1 aliphatic heterocycles. The molecule has 0 radical (unpaired) electrons. The Morgan fingerprint density at radius 1 is 1.35 bits per heavy atom. The first-order chi connectivity index (χ1) is 8.33. The van der Waals surface area contributed by atoms with E-state index in [9.17, 15) is 4.79 Å². The van der Waals surface area contributed by atoms with Crippen LogP contribution in [0.3, 0.4) is 0 Å². The second-order valence-electron chi connectivity index (χ2n) is 5.05. The van der Waals surface area contributed by atoms with E-state index >= 15 is 0 Å². The van der Waals surface area contributed by atoms with Crippen LogP contribution < -0.4 is 0 Å². The Bertz CT molecular complexity index is 249. The molecular formula is C13H23NO3. The summed E-state index contributed by atoms with van der Waals surface area (Å²) in [4.78, 5) is 14.4. The summed E-state index contributed by atoms with van der Waals surface area (Å²) in [7, 11) is 1.68. The van der Waals surface area contributed by atoms with E-state index < -0.39 is 0 Å². The summed E-state index contributed by atoms with van der Waals surface area (Å²) in [6.07, 6.45) is 5.82. The Morgan fingerprint density at radius 2 is 2.12 bits per heavy atom. The van der Waals surface area contributed by atoms with Crippen LogP contribution in [0.2, 0.25) is 0 Å². The number of amides is 1. The SMILES string of the molecule is COCC1COCCN1C(=O)C1CCCCC1. The molecule has 17 heavy (non-hydrogen) atoms. The lowest BCUT2D eigenvalue weighted by atomic mass is 9.88. The van der Waals surface area contributed by atoms with Crippen molar-refractivity contribution in [3.05, 3.63) is 0 Å². The summed E-state index contributed by atoms with van der Waals surface area (Å²) in [6, 6.07) is 0.114. The van der Waals surface area contributed by atoms with E-state index in [2.05, 4.69) is 0 Å². The van der Waals surface area contributed by atoms with E-state index in [-0.39, 0.29) is 12.0 Å². The standard InChI is InChI=1S/C13H23NO3/c1-16-9-12-10-17-8-7-14(12)13(15)11-5-3-2-4-6-11/h11-12H,2-10H2,1H3. The van der Waals surface area contributed by atoms with E-state index in [0.717, 1.165) is 19.4 Å². The van der Waals surface area contributed by atoms with Gasteiger partial charge in [-0.05, 0) is 12.8 Å². The largest absolute Gasteiger partial charge is 0.382 e. The molecule has 0 spiro atoms. The number of hydrogen-bond donors (Lipinski definition) is 0. The van der Waals surface area contributed by atoms with Gasteiger partial charge in [0.25, 0.3) is 0 Å². The highest BCUT2D eigenvalue weighted by Crippen LogP contribution is 2.26. The Morgan fingerprint density at radius 3 is 2.82 bits per heavy atom. The van der Waals surface area contributed by atoms with Gasteiger partial charge in [-0.25, -0.2) is 0 Å². The van der Waals surface area contributed by atoms with Crippen LogP contribution in [-0.4, -0.2) is 50.3 Å². The van der Waals surface area contributed by atoms with Gasteiger partial charge in [0, 0.05) is 19.6 Å². The lowest BCUT2D eigenvalue weighted by Gasteiger charge is -2.38. The van der Waals surface area contributed by atoms with Gasteiger partial charge in [0.05, 0.1) is 25.9 Å². The highest BCUT2D eigenvalue weighted by Gasteiger charge is 2.32. The first-order valence-corrected chi connectivity index (χ1v) is 6.70. The molecule has 2 aliphatic rings. The van der Waals surface area contributed by atoms with Crippen molar-refractivity contribution >= 4 is 5.91 Å². The second kappa shape index (κ2) is 6.36. The molecule has 1 heterocycles. The Kier molecular flexibility index (Phi) is 4.80. The number of rotatable bonds is 3. The van der Waals surface area contributed by atoms with Gasteiger partial charge in [0.2, 0.25) is 5.91 Å². The summed E-state index contributed by atoms with van der Waals surface area (Å²) < 4.78 is 10.6. The zero-order valence-electron chi connectivity index (χ0n) is 10.7. The van der Waals surface area contributed by atoms with Crippen LogP contribution in [-0.2, 0) is 14.3 Å². The molecule has 0 aromatic heterocycles. The van der Waals surface area contributed by atoms with Crippen molar-refractivity contribution in [1.82, 2.24) is 4.90 Å². The molecule has 0 aromatic carbocycles. The van der Waals surface area contributed by atoms with Crippen molar-refractivity contribution in [3.8, 4) is 0 Å². The normalized spacial score (nSPS) is 27.1. The van der Waals surface area contributed by atoms with Crippen molar-refractivity contribution in [2.24, 2.45) is 5.92 Å². The molecule has 1 amide bonds. The number of carbonyl (C=O) groups excluding carboxylic acids is 1. The summed E-state index contributed by atoms with van der Waals surface area (Å²) >= 11 is 0.